The second-order valence-corrected chi connectivity index (χ2v) is 8.12. The smallest absolute Gasteiger partial charge is 0.293 e. The number of fused-ring (bicyclic) bond motifs is 1. The van der Waals surface area contributed by atoms with Crippen LogP contribution in [0.2, 0.25) is 0 Å². The molecule has 0 radical (unpaired) electrons. The first-order valence-electron chi connectivity index (χ1n) is 10.1. The molecule has 3 aliphatic carbocycles. The predicted octanol–water partition coefficient (Wildman–Crippen LogP) is 2.22. The summed E-state index contributed by atoms with van der Waals surface area (Å²) in [6, 6.07) is 2.53. The Morgan fingerprint density at radius 3 is 2.56 bits per heavy atom. The van der Waals surface area contributed by atoms with Crippen LogP contribution in [-0.2, 0) is 12.8 Å². The van der Waals surface area contributed by atoms with Gasteiger partial charge < -0.3 is 9.88 Å². The Bertz CT molecular complexity index is 967. The van der Waals surface area contributed by atoms with Crippen LogP contribution in [0.15, 0.2) is 28.0 Å². The fourth-order valence-electron chi connectivity index (χ4n) is 4.50. The lowest BCUT2D eigenvalue weighted by Crippen LogP contribution is -2.35. The fourth-order valence-corrected chi connectivity index (χ4v) is 4.50. The van der Waals surface area contributed by atoms with Crippen molar-refractivity contribution in [1.29, 1.82) is 0 Å². The largest absolute Gasteiger partial charge is 0.363 e. The van der Waals surface area contributed by atoms with Crippen molar-refractivity contribution < 1.29 is 0 Å². The van der Waals surface area contributed by atoms with Gasteiger partial charge in [-0.05, 0) is 63.4 Å². The lowest BCUT2D eigenvalue weighted by atomic mass is 9.91. The first-order chi connectivity index (χ1) is 13.2. The van der Waals surface area contributed by atoms with Crippen LogP contribution in [0.3, 0.4) is 0 Å². The number of rotatable bonds is 4. The highest BCUT2D eigenvalue weighted by atomic mass is 16.1. The Labute approximate surface area is 157 Å². The minimum Gasteiger partial charge on any atom is -0.363 e. The summed E-state index contributed by atoms with van der Waals surface area (Å²) >= 11 is 0. The lowest BCUT2D eigenvalue weighted by Gasteiger charge is -2.30. The molecule has 2 aromatic heterocycles. The molecule has 142 valence electrons. The molecule has 2 aromatic rings. The second kappa shape index (κ2) is 6.62. The Balaban J connectivity index is 1.27. The molecule has 7 nitrogen and oxygen atoms in total. The summed E-state index contributed by atoms with van der Waals surface area (Å²) in [5, 5.41) is 8.00. The lowest BCUT2D eigenvalue weighted by molar-refractivity contribution is 0.301. The molecule has 0 unspecified atom stereocenters. The quantitative estimate of drug-likeness (QED) is 0.896. The molecular formula is C20H25N5O2. The second-order valence-electron chi connectivity index (χ2n) is 8.12. The number of aryl methyl sites for hydroxylation is 2. The number of nitrogens with zero attached hydrogens (tertiary/aromatic N) is 4. The van der Waals surface area contributed by atoms with Crippen LogP contribution in [0, 0.1) is 0 Å². The molecule has 2 saturated carbocycles. The van der Waals surface area contributed by atoms with Crippen LogP contribution < -0.4 is 16.4 Å². The Morgan fingerprint density at radius 1 is 1.00 bits per heavy atom. The van der Waals surface area contributed by atoms with Gasteiger partial charge in [-0.2, -0.15) is 5.10 Å². The van der Waals surface area contributed by atoms with Gasteiger partial charge in [0.2, 0.25) is 0 Å². The number of aromatic nitrogens is 4. The van der Waals surface area contributed by atoms with E-state index in [1.54, 1.807) is 27.7 Å². The van der Waals surface area contributed by atoms with E-state index in [2.05, 4.69) is 15.4 Å². The predicted molar refractivity (Wildman–Crippen MR) is 102 cm³/mol. The molecular weight excluding hydrogens is 342 g/mol. The van der Waals surface area contributed by atoms with Gasteiger partial charge in [-0.1, -0.05) is 0 Å². The van der Waals surface area contributed by atoms with Crippen LogP contribution >= 0.6 is 0 Å². The molecule has 5 rings (SSSR count). The molecule has 0 bridgehead atoms. The summed E-state index contributed by atoms with van der Waals surface area (Å²) in [7, 11) is 0. The van der Waals surface area contributed by atoms with Crippen LogP contribution in [0.1, 0.15) is 68.3 Å². The highest BCUT2D eigenvalue weighted by Gasteiger charge is 2.28. The molecule has 3 aliphatic rings. The van der Waals surface area contributed by atoms with E-state index in [4.69, 9.17) is 0 Å². The number of nitrogens with one attached hydrogen (secondary N) is 1. The van der Waals surface area contributed by atoms with Gasteiger partial charge in [0.15, 0.2) is 5.82 Å². The Hall–Kier alpha value is -2.44. The zero-order valence-corrected chi connectivity index (χ0v) is 15.4. The summed E-state index contributed by atoms with van der Waals surface area (Å²) in [6.45, 7) is 0. The monoisotopic (exact) mass is 367 g/mol. The number of hydrogen-bond acceptors (Lipinski definition) is 5. The van der Waals surface area contributed by atoms with Crippen molar-refractivity contribution in [3.05, 3.63) is 50.4 Å². The molecule has 0 saturated heterocycles. The van der Waals surface area contributed by atoms with Gasteiger partial charge in [-0.3, -0.25) is 9.59 Å². The molecule has 27 heavy (non-hydrogen) atoms. The van der Waals surface area contributed by atoms with Gasteiger partial charge in [0, 0.05) is 30.5 Å². The third-order valence-electron chi connectivity index (χ3n) is 6.17. The molecule has 7 heteroatoms. The molecule has 1 N–H and O–H groups in total. The van der Waals surface area contributed by atoms with E-state index in [1.165, 1.54) is 0 Å². The molecule has 2 heterocycles. The highest BCUT2D eigenvalue weighted by molar-refractivity contribution is 5.33. The summed E-state index contributed by atoms with van der Waals surface area (Å²) in [5.41, 5.74) is 2.25. The van der Waals surface area contributed by atoms with Gasteiger partial charge in [0.25, 0.3) is 11.1 Å². The van der Waals surface area contributed by atoms with Gasteiger partial charge in [0.05, 0.1) is 11.7 Å². The SMILES string of the molecule is O=c1c(NC2CCC(n3nc4c(cc3=O)CCC4)CC2)nccn1C1CC1. The number of anilines is 1. The molecule has 0 amide bonds. The normalized spacial score (nSPS) is 24.6. The Morgan fingerprint density at radius 2 is 1.78 bits per heavy atom. The minimum absolute atomic E-state index is 0.0152. The maximum Gasteiger partial charge on any atom is 0.293 e. The van der Waals surface area contributed by atoms with Crippen LogP contribution in [0.4, 0.5) is 5.82 Å². The summed E-state index contributed by atoms with van der Waals surface area (Å²) in [6.07, 6.45) is 12.3. The van der Waals surface area contributed by atoms with Crippen molar-refractivity contribution in [2.75, 3.05) is 5.32 Å². The fraction of sp³-hybridized carbons (Fsp3) is 0.600. The molecule has 0 spiro atoms. The van der Waals surface area contributed by atoms with E-state index < -0.39 is 0 Å². The third kappa shape index (κ3) is 3.19. The van der Waals surface area contributed by atoms with E-state index in [9.17, 15) is 9.59 Å². The first-order valence-corrected chi connectivity index (χ1v) is 10.1. The average Bonchev–Trinajstić information content (AvgIpc) is 3.42. The zero-order valence-electron chi connectivity index (χ0n) is 15.4. The van der Waals surface area contributed by atoms with E-state index >= 15 is 0 Å². The van der Waals surface area contributed by atoms with Crippen molar-refractivity contribution in [1.82, 2.24) is 19.3 Å². The van der Waals surface area contributed by atoms with Crippen molar-refractivity contribution >= 4 is 5.82 Å². The third-order valence-corrected chi connectivity index (χ3v) is 6.17. The molecule has 0 aromatic carbocycles. The van der Waals surface area contributed by atoms with E-state index in [0.29, 0.717) is 11.9 Å². The maximum absolute atomic E-state index is 12.5. The Kier molecular flexibility index (Phi) is 4.10. The van der Waals surface area contributed by atoms with Crippen LogP contribution in [-0.4, -0.2) is 25.4 Å². The topological polar surface area (TPSA) is 81.8 Å². The summed E-state index contributed by atoms with van der Waals surface area (Å²) in [5.74, 6) is 0.459. The minimum atomic E-state index is -0.0152. The average molecular weight is 367 g/mol. The summed E-state index contributed by atoms with van der Waals surface area (Å²) in [4.78, 5) is 29.2. The number of hydrogen-bond donors (Lipinski definition) is 1. The van der Waals surface area contributed by atoms with Crippen molar-refractivity contribution in [3.63, 3.8) is 0 Å². The van der Waals surface area contributed by atoms with Crippen LogP contribution in [0.25, 0.3) is 0 Å². The summed E-state index contributed by atoms with van der Waals surface area (Å²) < 4.78 is 3.51. The van der Waals surface area contributed by atoms with E-state index in [0.717, 1.165) is 69.0 Å². The molecule has 0 aliphatic heterocycles. The van der Waals surface area contributed by atoms with Crippen molar-refractivity contribution in [2.45, 2.75) is 75.9 Å². The molecule has 2 fully saturated rings. The zero-order chi connectivity index (χ0) is 18.4. The maximum atomic E-state index is 12.5. The standard InChI is InChI=1S/C20H25N5O2/c26-18-12-13-2-1-3-17(13)23-25(18)16-6-4-14(5-7-16)22-19-20(27)24(11-10-21-19)15-8-9-15/h10-12,14-16H,1-9H2,(H,21,22). The van der Waals surface area contributed by atoms with Gasteiger partial charge in [-0.25, -0.2) is 9.67 Å². The van der Waals surface area contributed by atoms with E-state index in [1.807, 2.05) is 0 Å². The van der Waals surface area contributed by atoms with Crippen molar-refractivity contribution in [3.8, 4) is 0 Å². The highest BCUT2D eigenvalue weighted by Crippen LogP contribution is 2.33. The van der Waals surface area contributed by atoms with Gasteiger partial charge in [-0.15, -0.1) is 0 Å². The molecule has 0 atom stereocenters. The van der Waals surface area contributed by atoms with Gasteiger partial charge in [0.1, 0.15) is 0 Å². The van der Waals surface area contributed by atoms with Crippen LogP contribution in [0.5, 0.6) is 0 Å². The first kappa shape index (κ1) is 16.7. The van der Waals surface area contributed by atoms with Crippen molar-refractivity contribution in [2.24, 2.45) is 0 Å². The van der Waals surface area contributed by atoms with E-state index in [-0.39, 0.29) is 23.2 Å². The van der Waals surface area contributed by atoms with Gasteiger partial charge >= 0.3 is 0 Å².